The van der Waals surface area contributed by atoms with Gasteiger partial charge in [-0.05, 0) is 31.5 Å². The first-order valence-electron chi connectivity index (χ1n) is 7.84. The Morgan fingerprint density at radius 2 is 1.58 bits per heavy atom. The molecule has 5 heteroatoms. The van der Waals surface area contributed by atoms with Crippen LogP contribution in [0.15, 0.2) is 76.4 Å². The maximum atomic E-state index is 13.0. The molecular formula is C19H20N2O2S. The van der Waals surface area contributed by atoms with Crippen molar-refractivity contribution in [2.75, 3.05) is 0 Å². The molecule has 124 valence electrons. The van der Waals surface area contributed by atoms with Gasteiger partial charge in [0.15, 0.2) is 0 Å². The second-order valence-electron chi connectivity index (χ2n) is 6.01. The van der Waals surface area contributed by atoms with Crippen molar-refractivity contribution in [1.82, 2.24) is 4.41 Å². The quantitative estimate of drug-likeness (QED) is 0.849. The van der Waals surface area contributed by atoms with Crippen molar-refractivity contribution in [3.05, 3.63) is 77.5 Å². The van der Waals surface area contributed by atoms with E-state index in [2.05, 4.69) is 5.10 Å². The summed E-state index contributed by atoms with van der Waals surface area (Å²) >= 11 is 0. The van der Waals surface area contributed by atoms with Crippen LogP contribution in [0.4, 0.5) is 0 Å². The SMILES string of the molecule is CC1=CC(C)C(c2ccccc2)=NN1S(=O)(=O)c1ccc(C)cc1. The number of hydrazone groups is 1. The highest BCUT2D eigenvalue weighted by Crippen LogP contribution is 2.27. The maximum Gasteiger partial charge on any atom is 0.283 e. The van der Waals surface area contributed by atoms with Gasteiger partial charge in [0.05, 0.1) is 10.6 Å². The molecular weight excluding hydrogens is 320 g/mol. The summed E-state index contributed by atoms with van der Waals surface area (Å²) in [6.07, 6.45) is 1.93. The zero-order valence-electron chi connectivity index (χ0n) is 14.0. The molecule has 0 spiro atoms. The van der Waals surface area contributed by atoms with Crippen LogP contribution in [0.2, 0.25) is 0 Å². The Morgan fingerprint density at radius 1 is 0.958 bits per heavy atom. The number of nitrogens with zero attached hydrogens (tertiary/aromatic N) is 2. The van der Waals surface area contributed by atoms with Crippen molar-refractivity contribution in [2.24, 2.45) is 11.0 Å². The van der Waals surface area contributed by atoms with E-state index in [1.54, 1.807) is 31.2 Å². The lowest BCUT2D eigenvalue weighted by Crippen LogP contribution is -2.31. The van der Waals surface area contributed by atoms with Gasteiger partial charge in [-0.1, -0.05) is 61.0 Å². The van der Waals surface area contributed by atoms with Gasteiger partial charge in [0, 0.05) is 11.6 Å². The van der Waals surface area contributed by atoms with Crippen molar-refractivity contribution in [3.8, 4) is 0 Å². The third-order valence-electron chi connectivity index (χ3n) is 4.04. The summed E-state index contributed by atoms with van der Waals surface area (Å²) in [5.41, 5.74) is 3.31. The third kappa shape index (κ3) is 2.99. The van der Waals surface area contributed by atoms with Gasteiger partial charge in [-0.15, -0.1) is 0 Å². The molecule has 0 saturated heterocycles. The van der Waals surface area contributed by atoms with Crippen LogP contribution in [0, 0.1) is 12.8 Å². The van der Waals surface area contributed by atoms with Gasteiger partial charge in [-0.25, -0.2) is 0 Å². The molecule has 0 saturated carbocycles. The molecule has 0 fully saturated rings. The fourth-order valence-electron chi connectivity index (χ4n) is 2.76. The monoisotopic (exact) mass is 340 g/mol. The predicted molar refractivity (Wildman–Crippen MR) is 96.1 cm³/mol. The summed E-state index contributed by atoms with van der Waals surface area (Å²) in [5.74, 6) is 0.0527. The lowest BCUT2D eigenvalue weighted by molar-refractivity contribution is 0.483. The molecule has 1 aliphatic heterocycles. The minimum absolute atomic E-state index is 0.0527. The average Bonchev–Trinajstić information content (AvgIpc) is 2.56. The maximum absolute atomic E-state index is 13.0. The Kier molecular flexibility index (Phi) is 4.28. The van der Waals surface area contributed by atoms with E-state index in [-0.39, 0.29) is 10.8 Å². The van der Waals surface area contributed by atoms with Crippen molar-refractivity contribution in [3.63, 3.8) is 0 Å². The van der Waals surface area contributed by atoms with Crippen molar-refractivity contribution >= 4 is 15.7 Å². The van der Waals surface area contributed by atoms with E-state index < -0.39 is 10.0 Å². The molecule has 2 aromatic rings. The van der Waals surface area contributed by atoms with Gasteiger partial charge in [0.25, 0.3) is 10.0 Å². The van der Waals surface area contributed by atoms with Gasteiger partial charge >= 0.3 is 0 Å². The average molecular weight is 340 g/mol. The minimum Gasteiger partial charge on any atom is -0.199 e. The predicted octanol–water partition coefficient (Wildman–Crippen LogP) is 3.94. The zero-order valence-corrected chi connectivity index (χ0v) is 14.8. The Hall–Kier alpha value is -2.40. The van der Waals surface area contributed by atoms with Crippen LogP contribution in [-0.4, -0.2) is 18.5 Å². The number of benzene rings is 2. The molecule has 2 aromatic carbocycles. The lowest BCUT2D eigenvalue weighted by atomic mass is 9.97. The highest BCUT2D eigenvalue weighted by molar-refractivity contribution is 7.89. The summed E-state index contributed by atoms with van der Waals surface area (Å²) < 4.78 is 27.1. The lowest BCUT2D eigenvalue weighted by Gasteiger charge is -2.27. The minimum atomic E-state index is -3.71. The second-order valence-corrected chi connectivity index (χ2v) is 7.78. The normalized spacial score (nSPS) is 18.1. The summed E-state index contributed by atoms with van der Waals surface area (Å²) in [6, 6.07) is 16.5. The van der Waals surface area contributed by atoms with E-state index in [1.165, 1.54) is 0 Å². The van der Waals surface area contributed by atoms with E-state index in [9.17, 15) is 8.42 Å². The largest absolute Gasteiger partial charge is 0.283 e. The summed E-state index contributed by atoms with van der Waals surface area (Å²) in [5, 5.41) is 4.48. The topological polar surface area (TPSA) is 49.7 Å². The van der Waals surface area contributed by atoms with Crippen LogP contribution in [0.5, 0.6) is 0 Å². The fourth-order valence-corrected chi connectivity index (χ4v) is 4.07. The zero-order chi connectivity index (χ0) is 17.3. The van der Waals surface area contributed by atoms with Crippen molar-refractivity contribution < 1.29 is 8.42 Å². The number of sulfonamides is 1. The Balaban J connectivity index is 2.07. The van der Waals surface area contributed by atoms with Crippen LogP contribution in [0.1, 0.15) is 25.0 Å². The molecule has 0 amide bonds. The highest BCUT2D eigenvalue weighted by Gasteiger charge is 2.29. The standard InChI is InChI=1S/C19H20N2O2S/c1-14-9-11-18(12-10-14)24(22,23)21-16(3)13-15(2)19(20-21)17-7-5-4-6-8-17/h4-13,15H,1-3H3. The smallest absolute Gasteiger partial charge is 0.199 e. The molecule has 1 atom stereocenters. The summed E-state index contributed by atoms with van der Waals surface area (Å²) in [4.78, 5) is 0.242. The van der Waals surface area contributed by atoms with E-state index in [1.807, 2.05) is 50.3 Å². The Labute approximate surface area is 143 Å². The number of aryl methyl sites for hydroxylation is 1. The Bertz CT molecular complexity index is 898. The number of rotatable bonds is 3. The van der Waals surface area contributed by atoms with Crippen LogP contribution in [0.25, 0.3) is 0 Å². The molecule has 0 aliphatic carbocycles. The molecule has 0 radical (unpaired) electrons. The van der Waals surface area contributed by atoms with Crippen molar-refractivity contribution in [1.29, 1.82) is 0 Å². The first-order valence-corrected chi connectivity index (χ1v) is 9.28. The van der Waals surface area contributed by atoms with Gasteiger partial charge in [-0.3, -0.25) is 0 Å². The van der Waals surface area contributed by atoms with Crippen molar-refractivity contribution in [2.45, 2.75) is 25.7 Å². The molecule has 0 bridgehead atoms. The summed E-state index contributed by atoms with van der Waals surface area (Å²) in [6.45, 7) is 5.72. The van der Waals surface area contributed by atoms with Crippen LogP contribution < -0.4 is 0 Å². The molecule has 24 heavy (non-hydrogen) atoms. The first-order chi connectivity index (χ1) is 11.4. The van der Waals surface area contributed by atoms with Crippen LogP contribution in [0.3, 0.4) is 0 Å². The highest BCUT2D eigenvalue weighted by atomic mass is 32.2. The van der Waals surface area contributed by atoms with Crippen LogP contribution >= 0.6 is 0 Å². The molecule has 0 N–H and O–H groups in total. The number of hydrogen-bond acceptors (Lipinski definition) is 3. The molecule has 1 aliphatic rings. The molecule has 3 rings (SSSR count). The van der Waals surface area contributed by atoms with Gasteiger partial charge in [-0.2, -0.15) is 17.9 Å². The van der Waals surface area contributed by atoms with Crippen LogP contribution in [-0.2, 0) is 10.0 Å². The van der Waals surface area contributed by atoms with Gasteiger partial charge in [0.2, 0.25) is 0 Å². The van der Waals surface area contributed by atoms with E-state index >= 15 is 0 Å². The Morgan fingerprint density at radius 3 is 2.21 bits per heavy atom. The summed E-state index contributed by atoms with van der Waals surface area (Å²) in [7, 11) is -3.71. The fraction of sp³-hybridized carbons (Fsp3) is 0.211. The molecule has 1 unspecified atom stereocenters. The molecule has 4 nitrogen and oxygen atoms in total. The van der Waals surface area contributed by atoms with Gasteiger partial charge in [0.1, 0.15) is 0 Å². The van der Waals surface area contributed by atoms with E-state index in [4.69, 9.17) is 0 Å². The van der Waals surface area contributed by atoms with E-state index in [0.717, 1.165) is 21.3 Å². The second kappa shape index (κ2) is 6.24. The first kappa shape index (κ1) is 16.5. The number of hydrogen-bond donors (Lipinski definition) is 0. The van der Waals surface area contributed by atoms with Gasteiger partial charge < -0.3 is 0 Å². The molecule has 0 aromatic heterocycles. The van der Waals surface area contributed by atoms with E-state index in [0.29, 0.717) is 5.70 Å². The third-order valence-corrected chi connectivity index (χ3v) is 5.73. The number of allylic oxidation sites excluding steroid dienone is 2. The molecule has 1 heterocycles.